The molecule has 0 bridgehead atoms. The van der Waals surface area contributed by atoms with Crippen molar-refractivity contribution in [1.29, 1.82) is 0 Å². The molecule has 152 valence electrons. The molecule has 2 aromatic rings. The molecule has 10 heteroatoms. The van der Waals surface area contributed by atoms with E-state index in [0.717, 1.165) is 11.1 Å². The monoisotopic (exact) mass is 398 g/mol. The number of hydrogen-bond donors (Lipinski definition) is 1. The van der Waals surface area contributed by atoms with Crippen molar-refractivity contribution in [3.8, 4) is 11.5 Å². The molecule has 28 heavy (non-hydrogen) atoms. The minimum Gasteiger partial charge on any atom is -0.403 e. The van der Waals surface area contributed by atoms with Gasteiger partial charge in [-0.3, -0.25) is 4.79 Å². The second-order valence-electron chi connectivity index (χ2n) is 6.77. The smallest absolute Gasteiger partial charge is 0.403 e. The minimum absolute atomic E-state index is 0.0977. The normalized spacial score (nSPS) is 18.3. The summed E-state index contributed by atoms with van der Waals surface area (Å²) in [4.78, 5) is 14.0. The van der Waals surface area contributed by atoms with Crippen LogP contribution in [0.25, 0.3) is 11.5 Å². The Morgan fingerprint density at radius 1 is 1.36 bits per heavy atom. The lowest BCUT2D eigenvalue weighted by Crippen LogP contribution is -2.40. The largest absolute Gasteiger partial charge is 0.411 e. The summed E-state index contributed by atoms with van der Waals surface area (Å²) in [5, 5.41) is 10.7. The first-order chi connectivity index (χ1) is 13.2. The number of carbonyl (C=O) groups is 1. The van der Waals surface area contributed by atoms with Gasteiger partial charge in [0.15, 0.2) is 0 Å². The number of carbonyl (C=O) groups excluding carboxylic acids is 1. The van der Waals surface area contributed by atoms with Gasteiger partial charge in [-0.25, -0.2) is 0 Å². The number of rotatable bonds is 6. The van der Waals surface area contributed by atoms with Gasteiger partial charge in [-0.1, -0.05) is 22.8 Å². The van der Waals surface area contributed by atoms with Crippen LogP contribution in [0.1, 0.15) is 18.9 Å². The Hall–Kier alpha value is -2.62. The fraction of sp³-hybridized carbons (Fsp3) is 0.500. The molecule has 1 aliphatic rings. The molecule has 0 aliphatic carbocycles. The van der Waals surface area contributed by atoms with E-state index in [2.05, 4.69) is 15.5 Å². The first-order valence-corrected chi connectivity index (χ1v) is 8.85. The van der Waals surface area contributed by atoms with Crippen LogP contribution in [-0.2, 0) is 9.53 Å². The van der Waals surface area contributed by atoms with E-state index in [4.69, 9.17) is 9.15 Å². The van der Waals surface area contributed by atoms with Gasteiger partial charge in [0.25, 0.3) is 0 Å². The summed E-state index contributed by atoms with van der Waals surface area (Å²) in [5.74, 6) is 0.0529. The molecule has 1 aromatic heterocycles. The zero-order valence-electron chi connectivity index (χ0n) is 15.5. The second kappa shape index (κ2) is 8.17. The van der Waals surface area contributed by atoms with Crippen LogP contribution in [0.3, 0.4) is 0 Å². The number of aryl methyl sites for hydroxylation is 1. The van der Waals surface area contributed by atoms with Gasteiger partial charge in [-0.05, 0) is 32.4 Å². The standard InChI is InChI=1S/C18H21F3N4O3/c1-11-3-5-13(6-4-11)15-23-24-17(28-15)22-12(2)16(26)25-8-7-14(9-25)27-10-18(19,20)21/h3-6,12,14H,7-10H2,1-2H3,(H,22,24)/t12-,14?/m1/s1. The van der Waals surface area contributed by atoms with E-state index in [-0.39, 0.29) is 18.5 Å². The van der Waals surface area contributed by atoms with Gasteiger partial charge in [0.05, 0.1) is 6.10 Å². The van der Waals surface area contributed by atoms with Gasteiger partial charge in [0.2, 0.25) is 11.8 Å². The molecule has 0 radical (unpaired) electrons. The van der Waals surface area contributed by atoms with E-state index in [1.165, 1.54) is 4.90 Å². The Kier molecular flexibility index (Phi) is 5.87. The number of aromatic nitrogens is 2. The molecule has 1 aromatic carbocycles. The van der Waals surface area contributed by atoms with Crippen molar-refractivity contribution in [1.82, 2.24) is 15.1 Å². The maximum atomic E-state index is 12.5. The number of amides is 1. The van der Waals surface area contributed by atoms with Gasteiger partial charge in [-0.15, -0.1) is 5.10 Å². The first kappa shape index (κ1) is 20.1. The van der Waals surface area contributed by atoms with Crippen LogP contribution in [0.4, 0.5) is 19.2 Å². The summed E-state index contributed by atoms with van der Waals surface area (Å²) in [7, 11) is 0. The topological polar surface area (TPSA) is 80.5 Å². The third-order valence-corrected chi connectivity index (χ3v) is 4.37. The van der Waals surface area contributed by atoms with Crippen LogP contribution < -0.4 is 5.32 Å². The van der Waals surface area contributed by atoms with Gasteiger partial charge >= 0.3 is 12.2 Å². The second-order valence-corrected chi connectivity index (χ2v) is 6.77. The van der Waals surface area contributed by atoms with E-state index in [9.17, 15) is 18.0 Å². The number of halogens is 3. The van der Waals surface area contributed by atoms with Crippen LogP contribution in [-0.4, -0.2) is 59.0 Å². The van der Waals surface area contributed by atoms with E-state index < -0.39 is 24.9 Å². The summed E-state index contributed by atoms with van der Waals surface area (Å²) >= 11 is 0. The fourth-order valence-electron chi connectivity index (χ4n) is 2.89. The molecule has 0 saturated carbocycles. The highest BCUT2D eigenvalue weighted by atomic mass is 19.4. The number of likely N-dealkylation sites (tertiary alicyclic amines) is 1. The van der Waals surface area contributed by atoms with Crippen LogP contribution >= 0.6 is 0 Å². The van der Waals surface area contributed by atoms with Gasteiger partial charge in [0.1, 0.15) is 12.6 Å². The maximum Gasteiger partial charge on any atom is 0.411 e. The van der Waals surface area contributed by atoms with Gasteiger partial charge in [-0.2, -0.15) is 13.2 Å². The average molecular weight is 398 g/mol. The number of nitrogens with one attached hydrogen (secondary N) is 1. The molecule has 0 spiro atoms. The Balaban J connectivity index is 1.53. The highest BCUT2D eigenvalue weighted by Crippen LogP contribution is 2.22. The lowest BCUT2D eigenvalue weighted by Gasteiger charge is -2.21. The highest BCUT2D eigenvalue weighted by molar-refractivity contribution is 5.84. The summed E-state index contributed by atoms with van der Waals surface area (Å²) in [6.45, 7) is 2.75. The summed E-state index contributed by atoms with van der Waals surface area (Å²) in [6, 6.07) is 6.97. The molecular weight excluding hydrogens is 377 g/mol. The van der Waals surface area contributed by atoms with Crippen molar-refractivity contribution in [3.05, 3.63) is 29.8 Å². The lowest BCUT2D eigenvalue weighted by atomic mass is 10.1. The predicted molar refractivity (Wildman–Crippen MR) is 94.5 cm³/mol. The molecule has 1 amide bonds. The van der Waals surface area contributed by atoms with Crippen LogP contribution in [0.2, 0.25) is 0 Å². The van der Waals surface area contributed by atoms with Crippen molar-refractivity contribution in [2.24, 2.45) is 0 Å². The van der Waals surface area contributed by atoms with Crippen LogP contribution in [0, 0.1) is 6.92 Å². The van der Waals surface area contributed by atoms with E-state index in [1.807, 2.05) is 31.2 Å². The number of nitrogens with zero attached hydrogens (tertiary/aromatic N) is 3. The molecule has 1 aliphatic heterocycles. The van der Waals surface area contributed by atoms with Gasteiger partial charge in [0, 0.05) is 18.7 Å². The van der Waals surface area contributed by atoms with Crippen molar-refractivity contribution in [3.63, 3.8) is 0 Å². The Bertz CT molecular complexity index is 807. The molecular formula is C18H21F3N4O3. The van der Waals surface area contributed by atoms with E-state index >= 15 is 0 Å². The molecule has 2 heterocycles. The molecule has 1 fully saturated rings. The Morgan fingerprint density at radius 3 is 2.75 bits per heavy atom. The Morgan fingerprint density at radius 2 is 2.07 bits per heavy atom. The van der Waals surface area contributed by atoms with E-state index in [0.29, 0.717) is 18.9 Å². The molecule has 1 unspecified atom stereocenters. The zero-order valence-corrected chi connectivity index (χ0v) is 15.5. The lowest BCUT2D eigenvalue weighted by molar-refractivity contribution is -0.183. The molecule has 1 saturated heterocycles. The number of alkyl halides is 3. The van der Waals surface area contributed by atoms with Crippen molar-refractivity contribution in [2.75, 3.05) is 25.0 Å². The van der Waals surface area contributed by atoms with Crippen molar-refractivity contribution in [2.45, 2.75) is 38.6 Å². The summed E-state index contributed by atoms with van der Waals surface area (Å²) in [6.07, 6.45) is -4.62. The summed E-state index contributed by atoms with van der Waals surface area (Å²) in [5.41, 5.74) is 1.86. The van der Waals surface area contributed by atoms with Crippen molar-refractivity contribution >= 4 is 11.9 Å². The van der Waals surface area contributed by atoms with Crippen LogP contribution in [0.5, 0.6) is 0 Å². The van der Waals surface area contributed by atoms with Gasteiger partial charge < -0.3 is 19.4 Å². The van der Waals surface area contributed by atoms with Crippen molar-refractivity contribution < 1.29 is 27.1 Å². The predicted octanol–water partition coefficient (Wildman–Crippen LogP) is 3.03. The zero-order chi connectivity index (χ0) is 20.3. The third-order valence-electron chi connectivity index (χ3n) is 4.37. The highest BCUT2D eigenvalue weighted by Gasteiger charge is 2.34. The van der Waals surface area contributed by atoms with E-state index in [1.54, 1.807) is 6.92 Å². The number of benzene rings is 1. The summed E-state index contributed by atoms with van der Waals surface area (Å²) < 4.78 is 47.1. The average Bonchev–Trinajstić information content (AvgIpc) is 3.29. The quantitative estimate of drug-likeness (QED) is 0.806. The number of ether oxygens (including phenoxy) is 1. The van der Waals surface area contributed by atoms with Crippen LogP contribution in [0.15, 0.2) is 28.7 Å². The SMILES string of the molecule is Cc1ccc(-c2nnc(N[C@H](C)C(=O)N3CCC(OCC(F)(F)F)C3)o2)cc1. The maximum absolute atomic E-state index is 12.5. The molecule has 7 nitrogen and oxygen atoms in total. The Labute approximate surface area is 159 Å². The first-order valence-electron chi connectivity index (χ1n) is 8.85. The molecule has 2 atom stereocenters. The third kappa shape index (κ3) is 5.22. The number of hydrogen-bond acceptors (Lipinski definition) is 6. The molecule has 1 N–H and O–H groups in total. The fourth-order valence-corrected chi connectivity index (χ4v) is 2.89. The minimum atomic E-state index is -4.38. The number of anilines is 1. The molecule has 3 rings (SSSR count).